The fourth-order valence-electron chi connectivity index (χ4n) is 1.51. The van der Waals surface area contributed by atoms with Crippen molar-refractivity contribution in [3.63, 3.8) is 0 Å². The molecular formula is C12H12ClN3. The van der Waals surface area contributed by atoms with E-state index in [0.29, 0.717) is 11.4 Å². The predicted octanol–water partition coefficient (Wildman–Crippen LogP) is 2.37. The van der Waals surface area contributed by atoms with E-state index in [-0.39, 0.29) is 6.04 Å². The largest absolute Gasteiger partial charge is 0.322 e. The summed E-state index contributed by atoms with van der Waals surface area (Å²) in [5.41, 5.74) is 7.92. The van der Waals surface area contributed by atoms with Crippen LogP contribution in [0.1, 0.15) is 17.3 Å². The SMILES string of the molecule is NC(Cc1ccncc1Cl)c1ccccn1. The number of pyridine rings is 2. The maximum Gasteiger partial charge on any atom is 0.0622 e. The third-order valence-corrected chi connectivity index (χ3v) is 2.70. The summed E-state index contributed by atoms with van der Waals surface area (Å²) in [4.78, 5) is 8.16. The van der Waals surface area contributed by atoms with Crippen molar-refractivity contribution >= 4 is 11.6 Å². The van der Waals surface area contributed by atoms with Crippen LogP contribution in [0.4, 0.5) is 0 Å². The van der Waals surface area contributed by atoms with Gasteiger partial charge in [0.15, 0.2) is 0 Å². The second-order valence-electron chi connectivity index (χ2n) is 3.53. The third-order valence-electron chi connectivity index (χ3n) is 2.36. The van der Waals surface area contributed by atoms with E-state index in [1.54, 1.807) is 18.6 Å². The molecule has 2 rings (SSSR count). The number of nitrogens with zero attached hydrogens (tertiary/aromatic N) is 2. The minimum Gasteiger partial charge on any atom is -0.322 e. The van der Waals surface area contributed by atoms with Gasteiger partial charge < -0.3 is 5.73 Å². The first kappa shape index (κ1) is 11.0. The van der Waals surface area contributed by atoms with Gasteiger partial charge in [-0.1, -0.05) is 17.7 Å². The molecule has 0 amide bonds. The molecule has 0 aromatic carbocycles. The van der Waals surface area contributed by atoms with Crippen LogP contribution in [0.5, 0.6) is 0 Å². The second kappa shape index (κ2) is 5.05. The van der Waals surface area contributed by atoms with E-state index in [1.807, 2.05) is 24.3 Å². The average molecular weight is 234 g/mol. The Kier molecular flexibility index (Phi) is 3.49. The summed E-state index contributed by atoms with van der Waals surface area (Å²) in [6.45, 7) is 0. The Hall–Kier alpha value is -1.45. The standard InChI is InChI=1S/C12H12ClN3/c13-10-8-15-6-4-9(10)7-11(14)12-3-1-2-5-16-12/h1-6,8,11H,7,14H2. The minimum atomic E-state index is -0.138. The van der Waals surface area contributed by atoms with Gasteiger partial charge in [0.2, 0.25) is 0 Å². The molecule has 0 aliphatic rings. The molecular weight excluding hydrogens is 222 g/mol. The maximum absolute atomic E-state index is 6.05. The first-order chi connectivity index (χ1) is 7.77. The summed E-state index contributed by atoms with van der Waals surface area (Å²) < 4.78 is 0. The lowest BCUT2D eigenvalue weighted by Gasteiger charge is -2.11. The Bertz CT molecular complexity index is 459. The van der Waals surface area contributed by atoms with Crippen LogP contribution in [0, 0.1) is 0 Å². The number of hydrogen-bond acceptors (Lipinski definition) is 3. The van der Waals surface area contributed by atoms with Crippen molar-refractivity contribution in [3.05, 3.63) is 59.1 Å². The highest BCUT2D eigenvalue weighted by atomic mass is 35.5. The summed E-state index contributed by atoms with van der Waals surface area (Å²) >= 11 is 6.02. The molecule has 2 aromatic rings. The van der Waals surface area contributed by atoms with Crippen LogP contribution in [0.15, 0.2) is 42.9 Å². The molecule has 0 fully saturated rings. The van der Waals surface area contributed by atoms with E-state index in [0.717, 1.165) is 11.3 Å². The Balaban J connectivity index is 2.14. The maximum atomic E-state index is 6.05. The van der Waals surface area contributed by atoms with Crippen molar-refractivity contribution in [2.75, 3.05) is 0 Å². The zero-order valence-electron chi connectivity index (χ0n) is 8.68. The van der Waals surface area contributed by atoms with Gasteiger partial charge in [-0.05, 0) is 30.2 Å². The van der Waals surface area contributed by atoms with Crippen molar-refractivity contribution in [3.8, 4) is 0 Å². The quantitative estimate of drug-likeness (QED) is 0.886. The van der Waals surface area contributed by atoms with Crippen molar-refractivity contribution in [2.24, 2.45) is 5.73 Å². The van der Waals surface area contributed by atoms with Gasteiger partial charge in [0.05, 0.1) is 16.8 Å². The topological polar surface area (TPSA) is 51.8 Å². The molecule has 0 saturated heterocycles. The molecule has 2 aromatic heterocycles. The molecule has 0 radical (unpaired) electrons. The molecule has 2 heterocycles. The highest BCUT2D eigenvalue weighted by Crippen LogP contribution is 2.19. The summed E-state index contributed by atoms with van der Waals surface area (Å²) in [7, 11) is 0. The molecule has 82 valence electrons. The van der Waals surface area contributed by atoms with Crippen LogP contribution in [0.2, 0.25) is 5.02 Å². The number of halogens is 1. The van der Waals surface area contributed by atoms with Gasteiger partial charge in [-0.3, -0.25) is 9.97 Å². The van der Waals surface area contributed by atoms with E-state index >= 15 is 0 Å². The number of rotatable bonds is 3. The molecule has 1 atom stereocenters. The first-order valence-electron chi connectivity index (χ1n) is 5.02. The number of hydrogen-bond donors (Lipinski definition) is 1. The second-order valence-corrected chi connectivity index (χ2v) is 3.94. The summed E-state index contributed by atoms with van der Waals surface area (Å²) in [5, 5.41) is 0.647. The van der Waals surface area contributed by atoms with Crippen molar-refractivity contribution in [1.82, 2.24) is 9.97 Å². The van der Waals surface area contributed by atoms with Gasteiger partial charge in [-0.2, -0.15) is 0 Å². The summed E-state index contributed by atoms with van der Waals surface area (Å²) in [6, 6.07) is 7.46. The predicted molar refractivity (Wildman–Crippen MR) is 64.1 cm³/mol. The molecule has 0 aliphatic carbocycles. The minimum absolute atomic E-state index is 0.138. The van der Waals surface area contributed by atoms with Crippen LogP contribution < -0.4 is 5.73 Å². The molecule has 4 heteroatoms. The lowest BCUT2D eigenvalue weighted by atomic mass is 10.0. The van der Waals surface area contributed by atoms with E-state index in [1.165, 1.54) is 0 Å². The molecule has 2 N–H and O–H groups in total. The van der Waals surface area contributed by atoms with Crippen LogP contribution in [0.3, 0.4) is 0 Å². The van der Waals surface area contributed by atoms with Gasteiger partial charge in [-0.25, -0.2) is 0 Å². The smallest absolute Gasteiger partial charge is 0.0622 e. The lowest BCUT2D eigenvalue weighted by Crippen LogP contribution is -2.14. The fraction of sp³-hybridized carbons (Fsp3) is 0.167. The molecule has 3 nitrogen and oxygen atoms in total. The molecule has 0 bridgehead atoms. The van der Waals surface area contributed by atoms with Crippen molar-refractivity contribution in [2.45, 2.75) is 12.5 Å². The van der Waals surface area contributed by atoms with Gasteiger partial charge in [0.1, 0.15) is 0 Å². The highest BCUT2D eigenvalue weighted by molar-refractivity contribution is 6.31. The van der Waals surface area contributed by atoms with E-state index in [2.05, 4.69) is 9.97 Å². The Labute approximate surface area is 99.3 Å². The van der Waals surface area contributed by atoms with Crippen LogP contribution in [0.25, 0.3) is 0 Å². The Morgan fingerprint density at radius 1 is 1.25 bits per heavy atom. The highest BCUT2D eigenvalue weighted by Gasteiger charge is 2.09. The third kappa shape index (κ3) is 2.56. The van der Waals surface area contributed by atoms with Gasteiger partial charge >= 0.3 is 0 Å². The molecule has 1 unspecified atom stereocenters. The van der Waals surface area contributed by atoms with Crippen molar-refractivity contribution < 1.29 is 0 Å². The van der Waals surface area contributed by atoms with E-state index in [9.17, 15) is 0 Å². The monoisotopic (exact) mass is 233 g/mol. The number of aromatic nitrogens is 2. The fourth-order valence-corrected chi connectivity index (χ4v) is 1.70. The Morgan fingerprint density at radius 3 is 2.81 bits per heavy atom. The molecule has 0 aliphatic heterocycles. The lowest BCUT2D eigenvalue weighted by molar-refractivity contribution is 0.696. The van der Waals surface area contributed by atoms with Crippen LogP contribution in [-0.2, 0) is 6.42 Å². The molecule has 0 saturated carbocycles. The van der Waals surface area contributed by atoms with E-state index in [4.69, 9.17) is 17.3 Å². The van der Waals surface area contributed by atoms with Gasteiger partial charge in [0.25, 0.3) is 0 Å². The van der Waals surface area contributed by atoms with Crippen LogP contribution in [-0.4, -0.2) is 9.97 Å². The normalized spacial score (nSPS) is 12.4. The summed E-state index contributed by atoms with van der Waals surface area (Å²) in [5.74, 6) is 0. The number of nitrogens with two attached hydrogens (primary N) is 1. The Morgan fingerprint density at radius 2 is 2.12 bits per heavy atom. The zero-order valence-corrected chi connectivity index (χ0v) is 9.43. The summed E-state index contributed by atoms with van der Waals surface area (Å²) in [6.07, 6.45) is 5.75. The van der Waals surface area contributed by atoms with Gasteiger partial charge in [-0.15, -0.1) is 0 Å². The van der Waals surface area contributed by atoms with Crippen molar-refractivity contribution in [1.29, 1.82) is 0 Å². The van der Waals surface area contributed by atoms with Gasteiger partial charge in [0, 0.05) is 18.6 Å². The van der Waals surface area contributed by atoms with Crippen LogP contribution >= 0.6 is 11.6 Å². The molecule has 0 spiro atoms. The average Bonchev–Trinajstić information content (AvgIpc) is 2.33. The molecule has 16 heavy (non-hydrogen) atoms. The van der Waals surface area contributed by atoms with E-state index < -0.39 is 0 Å². The zero-order chi connectivity index (χ0) is 11.4. The first-order valence-corrected chi connectivity index (χ1v) is 5.40.